The molecule has 1 aromatic rings. The zero-order chi connectivity index (χ0) is 26.3. The van der Waals surface area contributed by atoms with E-state index >= 15 is 0 Å². The minimum absolute atomic E-state index is 0.114. The normalized spacial score (nSPS) is 15.7. The van der Waals surface area contributed by atoms with E-state index in [1.54, 1.807) is 0 Å². The Morgan fingerprint density at radius 2 is 1.34 bits per heavy atom. The highest BCUT2D eigenvalue weighted by molar-refractivity contribution is 6.02. The van der Waals surface area contributed by atoms with Crippen molar-refractivity contribution in [2.45, 2.75) is 144 Å². The number of unbranched alkanes of at least 4 members (excludes halogenated alkanes) is 7. The van der Waals surface area contributed by atoms with Crippen molar-refractivity contribution in [2.24, 2.45) is 21.7 Å². The van der Waals surface area contributed by atoms with Crippen LogP contribution in [0.2, 0.25) is 0 Å². The molecule has 4 nitrogen and oxygen atoms in total. The van der Waals surface area contributed by atoms with Crippen molar-refractivity contribution in [3.63, 3.8) is 0 Å². The van der Waals surface area contributed by atoms with Gasteiger partial charge in [-0.25, -0.2) is 0 Å². The molecule has 0 aliphatic carbocycles. The second-order valence-corrected chi connectivity index (χ2v) is 11.8. The standard InChI is InChI=1S/C31H57N3O/c1-7-11-13-15-17-20-31(6,19-16-14-12-8-2)24-26-21-25(23-30(5,10-4)18-9-3)22-27(28(26)32)29(33)34-35/h21-22,35H,7-20,23-24,32H2,1-6H3,(H2,33,34). The molecule has 2 unspecified atom stereocenters. The van der Waals surface area contributed by atoms with Crippen molar-refractivity contribution in [3.05, 3.63) is 28.8 Å². The summed E-state index contributed by atoms with van der Waals surface area (Å²) >= 11 is 0. The number of rotatable bonds is 19. The van der Waals surface area contributed by atoms with Gasteiger partial charge in [0.15, 0.2) is 5.84 Å². The zero-order valence-electron chi connectivity index (χ0n) is 24.0. The Morgan fingerprint density at radius 1 is 0.771 bits per heavy atom. The van der Waals surface area contributed by atoms with Gasteiger partial charge in [0, 0.05) is 11.3 Å². The number of nitrogens with two attached hydrogens (primary N) is 2. The molecule has 2 atom stereocenters. The molecule has 0 aliphatic rings. The molecule has 0 saturated carbocycles. The van der Waals surface area contributed by atoms with E-state index in [2.05, 4.69) is 58.8 Å². The summed E-state index contributed by atoms with van der Waals surface area (Å²) in [6.07, 6.45) is 19.6. The highest BCUT2D eigenvalue weighted by atomic mass is 16.4. The molecule has 0 aromatic heterocycles. The van der Waals surface area contributed by atoms with E-state index in [4.69, 9.17) is 11.5 Å². The van der Waals surface area contributed by atoms with Crippen molar-refractivity contribution < 1.29 is 5.21 Å². The molecule has 0 amide bonds. The lowest BCUT2D eigenvalue weighted by molar-refractivity contribution is 0.249. The van der Waals surface area contributed by atoms with Gasteiger partial charge in [0.25, 0.3) is 0 Å². The van der Waals surface area contributed by atoms with Crippen LogP contribution in [-0.4, -0.2) is 11.0 Å². The summed E-state index contributed by atoms with van der Waals surface area (Å²) in [7, 11) is 0. The number of amidine groups is 1. The summed E-state index contributed by atoms with van der Waals surface area (Å²) in [6, 6.07) is 4.38. The van der Waals surface area contributed by atoms with Gasteiger partial charge in [-0.15, -0.1) is 0 Å². The lowest BCUT2D eigenvalue weighted by atomic mass is 9.73. The SMILES string of the molecule is CCCCCCCC(C)(CCCCCC)Cc1cc(CC(C)(CC)CCC)cc(/C(N)=N/O)c1N. The fourth-order valence-electron chi connectivity index (χ4n) is 5.68. The minimum atomic E-state index is 0.114. The van der Waals surface area contributed by atoms with E-state index in [1.807, 2.05) is 0 Å². The molecule has 0 bridgehead atoms. The molecule has 0 radical (unpaired) electrons. The average Bonchev–Trinajstić information content (AvgIpc) is 2.83. The van der Waals surface area contributed by atoms with Crippen LogP contribution < -0.4 is 11.5 Å². The Labute approximate surface area is 217 Å². The zero-order valence-corrected chi connectivity index (χ0v) is 24.0. The van der Waals surface area contributed by atoms with E-state index in [-0.39, 0.29) is 16.7 Å². The predicted molar refractivity (Wildman–Crippen MR) is 154 cm³/mol. The molecule has 0 heterocycles. The quantitative estimate of drug-likeness (QED) is 0.0454. The van der Waals surface area contributed by atoms with Crippen molar-refractivity contribution >= 4 is 11.5 Å². The van der Waals surface area contributed by atoms with Gasteiger partial charge in [-0.05, 0) is 60.1 Å². The van der Waals surface area contributed by atoms with E-state index in [1.165, 1.54) is 94.6 Å². The number of hydrogen-bond acceptors (Lipinski definition) is 3. The molecule has 1 rings (SSSR count). The first-order chi connectivity index (χ1) is 16.7. The van der Waals surface area contributed by atoms with Gasteiger partial charge < -0.3 is 16.7 Å². The molecule has 0 aliphatic heterocycles. The van der Waals surface area contributed by atoms with Crippen LogP contribution in [0.15, 0.2) is 17.3 Å². The first-order valence-electron chi connectivity index (χ1n) is 14.6. The average molecular weight is 488 g/mol. The fourth-order valence-corrected chi connectivity index (χ4v) is 5.68. The lowest BCUT2D eigenvalue weighted by Crippen LogP contribution is -2.24. The van der Waals surface area contributed by atoms with Crippen molar-refractivity contribution in [2.75, 3.05) is 5.73 Å². The topological polar surface area (TPSA) is 84.6 Å². The Hall–Kier alpha value is -1.71. The maximum atomic E-state index is 9.45. The van der Waals surface area contributed by atoms with Crippen LogP contribution in [0.3, 0.4) is 0 Å². The molecule has 0 saturated heterocycles. The van der Waals surface area contributed by atoms with Crippen LogP contribution in [-0.2, 0) is 12.8 Å². The Balaban J connectivity index is 3.28. The Kier molecular flexibility index (Phi) is 14.4. The molecule has 202 valence electrons. The van der Waals surface area contributed by atoms with E-state index in [0.29, 0.717) is 11.3 Å². The van der Waals surface area contributed by atoms with Gasteiger partial charge in [0.1, 0.15) is 0 Å². The Morgan fingerprint density at radius 3 is 1.86 bits per heavy atom. The number of nitrogens with zero attached hydrogens (tertiary/aromatic N) is 1. The monoisotopic (exact) mass is 487 g/mol. The van der Waals surface area contributed by atoms with Gasteiger partial charge in [-0.1, -0.05) is 123 Å². The van der Waals surface area contributed by atoms with Crippen molar-refractivity contribution in [1.82, 2.24) is 0 Å². The maximum absolute atomic E-state index is 9.45. The third-order valence-corrected chi connectivity index (χ3v) is 8.18. The number of oxime groups is 1. The van der Waals surface area contributed by atoms with Gasteiger partial charge in [0.2, 0.25) is 0 Å². The number of benzene rings is 1. The molecule has 4 heteroatoms. The summed E-state index contributed by atoms with van der Waals surface area (Å²) in [5.74, 6) is 0.114. The van der Waals surface area contributed by atoms with Gasteiger partial charge >= 0.3 is 0 Å². The summed E-state index contributed by atoms with van der Waals surface area (Å²) in [6.45, 7) is 13.9. The van der Waals surface area contributed by atoms with E-state index in [0.717, 1.165) is 19.3 Å². The highest BCUT2D eigenvalue weighted by Crippen LogP contribution is 2.39. The van der Waals surface area contributed by atoms with E-state index < -0.39 is 0 Å². The van der Waals surface area contributed by atoms with Gasteiger partial charge in [-0.3, -0.25) is 0 Å². The second kappa shape index (κ2) is 16.1. The molecule has 1 aromatic carbocycles. The van der Waals surface area contributed by atoms with Crippen molar-refractivity contribution in [3.8, 4) is 0 Å². The van der Waals surface area contributed by atoms with Gasteiger partial charge in [0.05, 0.1) is 0 Å². The fraction of sp³-hybridized carbons (Fsp3) is 0.774. The molecule has 0 fully saturated rings. The third kappa shape index (κ3) is 10.8. The summed E-state index contributed by atoms with van der Waals surface area (Å²) in [4.78, 5) is 0. The van der Waals surface area contributed by atoms with Gasteiger partial charge in [-0.2, -0.15) is 0 Å². The largest absolute Gasteiger partial charge is 0.409 e. The second-order valence-electron chi connectivity index (χ2n) is 11.8. The van der Waals surface area contributed by atoms with Crippen LogP contribution in [0.5, 0.6) is 0 Å². The number of hydrogen-bond donors (Lipinski definition) is 3. The van der Waals surface area contributed by atoms with Crippen LogP contribution in [0.4, 0.5) is 5.69 Å². The summed E-state index contributed by atoms with van der Waals surface area (Å²) in [5, 5.41) is 12.8. The molecule has 35 heavy (non-hydrogen) atoms. The Bertz CT molecular complexity index is 760. The van der Waals surface area contributed by atoms with Crippen LogP contribution in [0.25, 0.3) is 0 Å². The molecule has 0 spiro atoms. The molecular formula is C31H57N3O. The number of anilines is 1. The van der Waals surface area contributed by atoms with Crippen LogP contribution >= 0.6 is 0 Å². The van der Waals surface area contributed by atoms with Crippen LogP contribution in [0, 0.1) is 10.8 Å². The minimum Gasteiger partial charge on any atom is -0.409 e. The number of nitrogen functional groups attached to an aromatic ring is 1. The summed E-state index contributed by atoms with van der Waals surface area (Å²) in [5.41, 5.74) is 17.1. The first-order valence-corrected chi connectivity index (χ1v) is 14.6. The van der Waals surface area contributed by atoms with E-state index in [9.17, 15) is 5.21 Å². The maximum Gasteiger partial charge on any atom is 0.172 e. The first kappa shape index (κ1) is 31.3. The molecular weight excluding hydrogens is 430 g/mol. The molecule has 5 N–H and O–H groups in total. The van der Waals surface area contributed by atoms with Crippen molar-refractivity contribution in [1.29, 1.82) is 0 Å². The lowest BCUT2D eigenvalue weighted by Gasteiger charge is -2.32. The smallest absolute Gasteiger partial charge is 0.172 e. The highest BCUT2D eigenvalue weighted by Gasteiger charge is 2.28. The summed E-state index contributed by atoms with van der Waals surface area (Å²) < 4.78 is 0. The predicted octanol–water partition coefficient (Wildman–Crippen LogP) is 9.00. The third-order valence-electron chi connectivity index (χ3n) is 8.18. The van der Waals surface area contributed by atoms with Crippen LogP contribution in [0.1, 0.15) is 148 Å².